The summed E-state index contributed by atoms with van der Waals surface area (Å²) in [4.78, 5) is 73.8. The maximum absolute atomic E-state index is 13.7. The molecule has 4 aromatic heterocycles. The number of carbonyl (C=O) groups is 5. The molecule has 6 aromatic carbocycles. The van der Waals surface area contributed by atoms with Crippen LogP contribution in [-0.4, -0.2) is 144 Å². The van der Waals surface area contributed by atoms with Gasteiger partial charge in [-0.1, -0.05) is 125 Å². The quantitative estimate of drug-likeness (QED) is 0.0794. The van der Waals surface area contributed by atoms with Crippen molar-refractivity contribution in [3.05, 3.63) is 267 Å². The number of nitrogens with zero attached hydrogens (tertiary/aromatic N) is 11. The minimum Gasteiger partial charge on any atom is -0.497 e. The van der Waals surface area contributed by atoms with Crippen LogP contribution in [0.4, 0.5) is 13.6 Å². The van der Waals surface area contributed by atoms with Crippen LogP contribution in [0.1, 0.15) is 146 Å². The smallest absolute Gasteiger partial charge is 0.410 e. The highest BCUT2D eigenvalue weighted by Gasteiger charge is 2.42. The molecule has 4 unspecified atom stereocenters. The Kier molecular flexibility index (Phi) is 24.6. The fourth-order valence-corrected chi connectivity index (χ4v) is 18.0. The maximum Gasteiger partial charge on any atom is 0.410 e. The van der Waals surface area contributed by atoms with Gasteiger partial charge in [0.05, 0.1) is 94.8 Å². The second-order valence-electron chi connectivity index (χ2n) is 29.8. The van der Waals surface area contributed by atoms with Crippen LogP contribution in [0.25, 0.3) is 52.0 Å². The van der Waals surface area contributed by atoms with E-state index in [2.05, 4.69) is 32.5 Å². The van der Waals surface area contributed by atoms with Crippen molar-refractivity contribution in [1.82, 2.24) is 75.6 Å². The summed E-state index contributed by atoms with van der Waals surface area (Å²) in [5.74, 6) is 1.43. The minimum absolute atomic E-state index is 0.113. The van der Waals surface area contributed by atoms with Gasteiger partial charge in [-0.3, -0.25) is 39.9 Å². The molecule has 7 aliphatic rings. The van der Waals surface area contributed by atoms with Crippen molar-refractivity contribution < 1.29 is 42.2 Å². The van der Waals surface area contributed by atoms with Crippen LogP contribution in [0.2, 0.25) is 30.1 Å². The van der Waals surface area contributed by atoms with E-state index in [4.69, 9.17) is 94.4 Å². The van der Waals surface area contributed by atoms with Gasteiger partial charge in [-0.05, 0) is 211 Å². The molecule has 2 saturated heterocycles. The Morgan fingerprint density at radius 2 is 0.914 bits per heavy atom. The van der Waals surface area contributed by atoms with Crippen molar-refractivity contribution in [3.8, 4) is 22.8 Å². The Bertz CT molecular complexity index is 5500. The fourth-order valence-electron chi connectivity index (χ4n) is 16.6. The van der Waals surface area contributed by atoms with Crippen molar-refractivity contribution >= 4 is 134 Å². The molecule has 116 heavy (non-hydrogen) atoms. The molecule has 30 heteroatoms. The standard InChI is InChI=1S/C29H28Cl2FN5O3.C29H28Cl2FN5O2.C28H25Cl2N5O2/c1-40-29(39)35-13-20(11-17-5-8-22(32)9-6-17)27-23(16-35)26(33-37(27)25-10-7-21(30)12-24(25)31)28(38)34-36-14-18-3-2-4-19(18)15-36;1-17(38)35-13-21(11-18-5-8-23(32)9-6-18)28-24(16-35)27(33-37(28)26-10-7-22(30)12-25(26)31)29(39)34-36-14-19-3-2-4-20(19)15-36;1-17(24-5-3-4-12-32-24)33-28(36)26-22-16-31-15-19(13-18-6-9-21(37-2)10-7-18)27(22)35(34-26)25-11-8-20(29)14-23(25)30/h5-12,18-19H,2-4,13-16H2,1H3,(H,34,38);5-12,19-20H,2-4,13-16H2,1H3,(H,34,39);3-14,17,31H,15-16H2,1-2H3,(H,33,36)/b20-11+;21-11+;19-13+/t;;17-/m..1/s1. The first kappa shape index (κ1) is 80.9. The van der Waals surface area contributed by atoms with Gasteiger partial charge in [0.2, 0.25) is 5.91 Å². The Hall–Kier alpha value is -10.3. The number of nitrogens with one attached hydrogen (secondary N) is 4. The van der Waals surface area contributed by atoms with E-state index in [0.717, 1.165) is 76.7 Å². The van der Waals surface area contributed by atoms with Gasteiger partial charge in [-0.15, -0.1) is 0 Å². The molecule has 0 spiro atoms. The largest absolute Gasteiger partial charge is 0.497 e. The van der Waals surface area contributed by atoms with E-state index in [1.807, 2.05) is 77.6 Å². The predicted octanol–water partition coefficient (Wildman–Crippen LogP) is 17.1. The third-order valence-corrected chi connectivity index (χ3v) is 23.8. The van der Waals surface area contributed by atoms with E-state index in [1.54, 1.807) is 105 Å². The van der Waals surface area contributed by atoms with Crippen molar-refractivity contribution in [2.45, 2.75) is 78.0 Å². The molecule has 10 aromatic rings. The summed E-state index contributed by atoms with van der Waals surface area (Å²) in [7, 11) is 2.95. The molecule has 2 aliphatic carbocycles. The number of rotatable bonds is 14. The number of hydrazine groups is 2. The predicted molar refractivity (Wildman–Crippen MR) is 446 cm³/mol. The topological polar surface area (TPSA) is 231 Å². The number of halogens is 8. The molecule has 0 bridgehead atoms. The zero-order chi connectivity index (χ0) is 81.2. The van der Waals surface area contributed by atoms with Crippen LogP contribution in [0.5, 0.6) is 5.75 Å². The van der Waals surface area contributed by atoms with Gasteiger partial charge in [0.25, 0.3) is 17.7 Å². The number of fused-ring (bicyclic) bond motifs is 5. The normalized spacial score (nSPS) is 19.4. The Balaban J connectivity index is 0.000000137. The number of benzene rings is 6. The lowest BCUT2D eigenvalue weighted by atomic mass is 9.97. The Morgan fingerprint density at radius 3 is 1.33 bits per heavy atom. The fraction of sp³-hybridized carbons (Fsp3) is 0.291. The summed E-state index contributed by atoms with van der Waals surface area (Å²) in [5.41, 5.74) is 18.4. The van der Waals surface area contributed by atoms with Crippen LogP contribution in [0.3, 0.4) is 0 Å². The van der Waals surface area contributed by atoms with E-state index < -0.39 is 6.09 Å². The van der Waals surface area contributed by atoms with E-state index in [1.165, 1.54) is 81.7 Å². The highest BCUT2D eigenvalue weighted by Crippen LogP contribution is 2.43. The second kappa shape index (κ2) is 35.3. The average Bonchev–Trinajstić information content (AvgIpc) is 1.60. The number of pyridine rings is 1. The lowest BCUT2D eigenvalue weighted by molar-refractivity contribution is -0.128. The van der Waals surface area contributed by atoms with Crippen molar-refractivity contribution in [2.75, 3.05) is 60.0 Å². The van der Waals surface area contributed by atoms with Gasteiger partial charge in [0, 0.05) is 90.7 Å². The zero-order valence-corrected chi connectivity index (χ0v) is 68.2. The molecule has 4 fully saturated rings. The van der Waals surface area contributed by atoms with Gasteiger partial charge in [0.15, 0.2) is 17.1 Å². The molecule has 17 rings (SSSR count). The van der Waals surface area contributed by atoms with Crippen molar-refractivity contribution in [1.29, 1.82) is 0 Å². The molecule has 598 valence electrons. The van der Waals surface area contributed by atoms with Gasteiger partial charge in [-0.25, -0.2) is 37.6 Å². The Labute approximate surface area is 698 Å². The zero-order valence-electron chi connectivity index (χ0n) is 63.7. The summed E-state index contributed by atoms with van der Waals surface area (Å²) in [6.45, 7) is 8.59. The first-order valence-electron chi connectivity index (χ1n) is 38.1. The first-order chi connectivity index (χ1) is 56.0. The Morgan fingerprint density at radius 1 is 0.500 bits per heavy atom. The lowest BCUT2D eigenvalue weighted by Gasteiger charge is -2.29. The van der Waals surface area contributed by atoms with E-state index in [-0.39, 0.29) is 72.3 Å². The number of hydrogen-bond acceptors (Lipinski definition) is 14. The number of aromatic nitrogens is 7. The molecule has 0 radical (unpaired) electrons. The molecular weight excluding hydrogens is 1610 g/mol. The van der Waals surface area contributed by atoms with E-state index in [9.17, 15) is 32.8 Å². The van der Waals surface area contributed by atoms with Crippen LogP contribution in [0.15, 0.2) is 152 Å². The average molecular weight is 1690 g/mol. The first-order valence-corrected chi connectivity index (χ1v) is 40.4. The monoisotopic (exact) mass is 1680 g/mol. The van der Waals surface area contributed by atoms with Gasteiger partial charge in [-0.2, -0.15) is 15.3 Å². The van der Waals surface area contributed by atoms with Crippen LogP contribution >= 0.6 is 69.6 Å². The highest BCUT2D eigenvalue weighted by molar-refractivity contribution is 6.37. The molecule has 5 atom stereocenters. The van der Waals surface area contributed by atoms with Crippen LogP contribution < -0.4 is 26.2 Å². The highest BCUT2D eigenvalue weighted by atomic mass is 35.5. The van der Waals surface area contributed by atoms with E-state index >= 15 is 0 Å². The number of hydrogen-bond donors (Lipinski definition) is 4. The molecule has 4 N–H and O–H groups in total. The molecule has 5 aliphatic heterocycles. The minimum atomic E-state index is -0.536. The molecule has 2 saturated carbocycles. The molecular formula is C86H81Cl6F2N15O7. The number of carbonyl (C=O) groups excluding carboxylic acids is 5. The van der Waals surface area contributed by atoms with Crippen LogP contribution in [-0.2, 0) is 29.2 Å². The maximum atomic E-state index is 13.7. The lowest BCUT2D eigenvalue weighted by Crippen LogP contribution is -2.42. The molecule has 9 heterocycles. The van der Waals surface area contributed by atoms with Gasteiger partial charge < -0.3 is 25.0 Å². The summed E-state index contributed by atoms with van der Waals surface area (Å²) in [6.07, 6.45) is 14.2. The van der Waals surface area contributed by atoms with Gasteiger partial charge >= 0.3 is 6.09 Å². The number of amides is 5. The summed E-state index contributed by atoms with van der Waals surface area (Å²) < 4.78 is 42.6. The summed E-state index contributed by atoms with van der Waals surface area (Å²) in [6, 6.07) is 40.6. The summed E-state index contributed by atoms with van der Waals surface area (Å²) in [5, 5.41) is 27.4. The molecule has 5 amide bonds. The van der Waals surface area contributed by atoms with Crippen molar-refractivity contribution in [3.63, 3.8) is 0 Å². The SMILES string of the molecule is CC(=O)N1C/C(=C\c2ccc(F)cc2)c2c(c(C(=O)NN3CC4CCCC4C3)nn2-c2ccc(Cl)cc2Cl)C1.COC(=O)N1C/C(=C\c2ccc(F)cc2)c2c(c(C(=O)NN3CC4CCCC4C3)nn2-c2ccc(Cl)cc2Cl)C1.COc1ccc(/C=C2\CNCc3c(C(=O)N[C@H](C)c4ccccn4)nn(-c4ccc(Cl)cc4Cl)c32)cc1. The van der Waals surface area contributed by atoms with Crippen molar-refractivity contribution in [2.24, 2.45) is 23.7 Å². The van der Waals surface area contributed by atoms with Crippen LogP contribution in [0, 0.1) is 35.3 Å². The second-order valence-corrected chi connectivity index (χ2v) is 32.3. The third kappa shape index (κ3) is 17.7. The molecule has 22 nitrogen and oxygen atoms in total. The van der Waals surface area contributed by atoms with Gasteiger partial charge in [0.1, 0.15) is 17.4 Å². The summed E-state index contributed by atoms with van der Waals surface area (Å²) >= 11 is 38.3. The third-order valence-electron chi connectivity index (χ3n) is 22.2. The number of methoxy groups -OCH3 is 2. The number of ether oxygens (including phenoxy) is 2. The van der Waals surface area contributed by atoms with E-state index in [0.29, 0.717) is 124 Å².